The zero-order chi connectivity index (χ0) is 24.9. The van der Waals surface area contributed by atoms with Gasteiger partial charge in [-0.25, -0.2) is 9.78 Å². The van der Waals surface area contributed by atoms with Crippen molar-refractivity contribution in [1.29, 1.82) is 0 Å². The number of methoxy groups -OCH3 is 1. The van der Waals surface area contributed by atoms with Gasteiger partial charge in [0.15, 0.2) is 11.2 Å². The van der Waals surface area contributed by atoms with E-state index in [1.165, 1.54) is 11.6 Å². The summed E-state index contributed by atoms with van der Waals surface area (Å²) in [6.07, 6.45) is 5.18. The van der Waals surface area contributed by atoms with Crippen molar-refractivity contribution in [3.63, 3.8) is 0 Å². The van der Waals surface area contributed by atoms with Crippen molar-refractivity contribution in [1.82, 2.24) is 28.2 Å². The minimum Gasteiger partial charge on any atom is -0.497 e. The third-order valence-electron chi connectivity index (χ3n) is 5.68. The zero-order valence-corrected chi connectivity index (χ0v) is 19.9. The van der Waals surface area contributed by atoms with E-state index in [-0.39, 0.29) is 24.3 Å². The fourth-order valence-electron chi connectivity index (χ4n) is 3.77. The molecule has 0 saturated heterocycles. The monoisotopic (exact) mass is 483 g/mol. The number of benzene rings is 1. The Balaban J connectivity index is 1.54. The first-order valence-electron chi connectivity index (χ1n) is 11.2. The van der Waals surface area contributed by atoms with Crippen molar-refractivity contribution in [2.24, 2.45) is 14.1 Å². The molecule has 1 aromatic carbocycles. The summed E-state index contributed by atoms with van der Waals surface area (Å²) in [5.41, 5.74) is -0.471. The molecule has 0 aliphatic rings. The number of aliphatic hydroxyl groups excluding tert-OH is 1. The van der Waals surface area contributed by atoms with Gasteiger partial charge in [-0.05, 0) is 30.7 Å². The number of nitrogens with zero attached hydrogens (tertiary/aromatic N) is 6. The summed E-state index contributed by atoms with van der Waals surface area (Å²) in [7, 11) is 4.56. The van der Waals surface area contributed by atoms with Gasteiger partial charge < -0.3 is 29.0 Å². The van der Waals surface area contributed by atoms with Gasteiger partial charge in [-0.15, -0.1) is 0 Å². The molecular weight excluding hydrogens is 454 g/mol. The molecule has 4 rings (SSSR count). The number of imidazole rings is 2. The summed E-state index contributed by atoms with van der Waals surface area (Å²) in [5.74, 6) is 1.68. The quantitative estimate of drug-likeness (QED) is 0.296. The van der Waals surface area contributed by atoms with Crippen LogP contribution in [0, 0.1) is 0 Å². The predicted octanol–water partition coefficient (Wildman–Crippen LogP) is 0.581. The van der Waals surface area contributed by atoms with Gasteiger partial charge in [0.05, 0.1) is 20.0 Å². The zero-order valence-electron chi connectivity index (χ0n) is 19.9. The Bertz CT molecular complexity index is 1390. The number of aryl methyl sites for hydroxylation is 2. The van der Waals surface area contributed by atoms with Crippen LogP contribution < -0.4 is 26.0 Å². The number of aromatic nitrogens is 6. The molecule has 0 bridgehead atoms. The maximum absolute atomic E-state index is 13.0. The highest BCUT2D eigenvalue weighted by Gasteiger charge is 2.21. The van der Waals surface area contributed by atoms with Crippen LogP contribution >= 0.6 is 0 Å². The highest BCUT2D eigenvalue weighted by Crippen LogP contribution is 2.19. The lowest BCUT2D eigenvalue weighted by Gasteiger charge is -2.16. The van der Waals surface area contributed by atoms with Crippen LogP contribution in [0.1, 0.15) is 6.42 Å². The van der Waals surface area contributed by atoms with Crippen LogP contribution in [-0.4, -0.2) is 59.7 Å². The standard InChI is InChI=1S/C23H29N7O5/c1-27-20-19(21(32)28(2)23(27)33)30(22(26-20)25-9-4-11-29-12-10-24-15-29)13-16(31)14-35-18-7-5-17(34-3)6-8-18/h5-8,10,12,15-16,31H,4,9,11,13-14H2,1-3H3,(H,25,26)/t16-/m1/s1. The third kappa shape index (κ3) is 5.22. The van der Waals surface area contributed by atoms with E-state index in [2.05, 4.69) is 15.3 Å². The van der Waals surface area contributed by atoms with E-state index < -0.39 is 17.4 Å². The van der Waals surface area contributed by atoms with E-state index in [1.807, 2.05) is 10.8 Å². The van der Waals surface area contributed by atoms with Crippen molar-refractivity contribution in [2.45, 2.75) is 25.6 Å². The highest BCUT2D eigenvalue weighted by atomic mass is 16.5. The van der Waals surface area contributed by atoms with Crippen molar-refractivity contribution in [3.8, 4) is 11.5 Å². The second-order valence-corrected chi connectivity index (χ2v) is 8.15. The third-order valence-corrected chi connectivity index (χ3v) is 5.68. The largest absolute Gasteiger partial charge is 0.497 e. The summed E-state index contributed by atoms with van der Waals surface area (Å²) >= 11 is 0. The van der Waals surface area contributed by atoms with Crippen LogP contribution in [0.15, 0.2) is 52.6 Å². The summed E-state index contributed by atoms with van der Waals surface area (Å²) in [4.78, 5) is 33.9. The van der Waals surface area contributed by atoms with Crippen LogP contribution in [0.2, 0.25) is 0 Å². The number of nitrogens with one attached hydrogen (secondary N) is 1. The van der Waals surface area contributed by atoms with Gasteiger partial charge in [-0.1, -0.05) is 0 Å². The molecule has 0 amide bonds. The van der Waals surface area contributed by atoms with Crippen molar-refractivity contribution >= 4 is 17.1 Å². The first-order chi connectivity index (χ1) is 16.9. The SMILES string of the molecule is COc1ccc(OC[C@H](O)Cn2c(NCCCn3ccnc3)nc3c2c(=O)n(C)c(=O)n3C)cc1. The molecule has 0 saturated carbocycles. The Kier molecular flexibility index (Phi) is 7.20. The molecule has 0 unspecified atom stereocenters. The molecule has 3 aromatic heterocycles. The molecule has 1 atom stereocenters. The van der Waals surface area contributed by atoms with Crippen molar-refractivity contribution < 1.29 is 14.6 Å². The topological polar surface area (TPSA) is 130 Å². The first kappa shape index (κ1) is 24.1. The fraction of sp³-hybridized carbons (Fsp3) is 0.391. The molecule has 3 heterocycles. The molecule has 35 heavy (non-hydrogen) atoms. The second kappa shape index (κ2) is 10.5. The number of fused-ring (bicyclic) bond motifs is 1. The Labute approximate surface area is 201 Å². The van der Waals surface area contributed by atoms with Crippen LogP contribution in [0.4, 0.5) is 5.95 Å². The predicted molar refractivity (Wildman–Crippen MR) is 130 cm³/mol. The normalized spacial score (nSPS) is 12.1. The number of anilines is 1. The average molecular weight is 484 g/mol. The Hall–Kier alpha value is -4.06. The molecule has 0 radical (unpaired) electrons. The maximum Gasteiger partial charge on any atom is 0.332 e. The number of rotatable bonds is 11. The highest BCUT2D eigenvalue weighted by molar-refractivity contribution is 5.74. The fourth-order valence-corrected chi connectivity index (χ4v) is 3.77. The maximum atomic E-state index is 13.0. The Morgan fingerprint density at radius 1 is 1.11 bits per heavy atom. The molecule has 0 spiro atoms. The molecule has 0 fully saturated rings. The number of hydrogen-bond donors (Lipinski definition) is 2. The van der Waals surface area contributed by atoms with E-state index in [9.17, 15) is 14.7 Å². The molecule has 2 N–H and O–H groups in total. The minimum atomic E-state index is -0.942. The molecule has 12 nitrogen and oxygen atoms in total. The molecule has 0 aliphatic carbocycles. The lowest BCUT2D eigenvalue weighted by molar-refractivity contribution is 0.0938. The van der Waals surface area contributed by atoms with Crippen molar-refractivity contribution in [2.75, 3.05) is 25.6 Å². The minimum absolute atomic E-state index is 0.00183. The molecule has 0 aliphatic heterocycles. The van der Waals surface area contributed by atoms with Gasteiger partial charge in [0, 0.05) is 39.6 Å². The molecule has 186 valence electrons. The van der Waals surface area contributed by atoms with Gasteiger partial charge in [0.25, 0.3) is 5.56 Å². The Morgan fingerprint density at radius 3 is 2.54 bits per heavy atom. The van der Waals surface area contributed by atoms with Gasteiger partial charge in [0.2, 0.25) is 5.95 Å². The number of aliphatic hydroxyl groups is 1. The van der Waals surface area contributed by atoms with Gasteiger partial charge in [0.1, 0.15) is 24.2 Å². The van der Waals surface area contributed by atoms with Gasteiger partial charge in [-0.3, -0.25) is 13.9 Å². The van der Waals surface area contributed by atoms with Crippen LogP contribution in [0.3, 0.4) is 0 Å². The summed E-state index contributed by atoms with van der Waals surface area (Å²) in [5, 5.41) is 14.0. The van der Waals surface area contributed by atoms with E-state index >= 15 is 0 Å². The van der Waals surface area contributed by atoms with Crippen LogP contribution in [-0.2, 0) is 27.2 Å². The van der Waals surface area contributed by atoms with E-state index in [1.54, 1.807) is 55.5 Å². The second-order valence-electron chi connectivity index (χ2n) is 8.15. The van der Waals surface area contributed by atoms with Crippen LogP contribution in [0.25, 0.3) is 11.2 Å². The van der Waals surface area contributed by atoms with E-state index in [0.29, 0.717) is 24.0 Å². The van der Waals surface area contributed by atoms with E-state index in [0.717, 1.165) is 17.5 Å². The average Bonchev–Trinajstić information content (AvgIpc) is 3.51. The van der Waals surface area contributed by atoms with Crippen LogP contribution in [0.5, 0.6) is 11.5 Å². The van der Waals surface area contributed by atoms with Crippen molar-refractivity contribution in [3.05, 3.63) is 63.8 Å². The summed E-state index contributed by atoms with van der Waals surface area (Å²) < 4.78 is 16.8. The smallest absolute Gasteiger partial charge is 0.332 e. The number of ether oxygens (including phenoxy) is 2. The summed E-state index contributed by atoms with van der Waals surface area (Å²) in [6.45, 7) is 1.36. The summed E-state index contributed by atoms with van der Waals surface area (Å²) in [6, 6.07) is 7.02. The molecule has 12 heteroatoms. The van der Waals surface area contributed by atoms with E-state index in [4.69, 9.17) is 9.47 Å². The van der Waals surface area contributed by atoms with Gasteiger partial charge in [-0.2, -0.15) is 4.98 Å². The van der Waals surface area contributed by atoms with Gasteiger partial charge >= 0.3 is 5.69 Å². The molecule has 4 aromatic rings. The number of hydrogen-bond acceptors (Lipinski definition) is 8. The molecular formula is C23H29N7O5. The first-order valence-corrected chi connectivity index (χ1v) is 11.2. The lowest BCUT2D eigenvalue weighted by Crippen LogP contribution is -2.38. The lowest BCUT2D eigenvalue weighted by atomic mass is 10.3. The Morgan fingerprint density at radius 2 is 1.86 bits per heavy atom.